The Kier molecular flexibility index (Phi) is 1.06. The van der Waals surface area contributed by atoms with Crippen molar-refractivity contribution in [3.05, 3.63) is 0 Å². The standard InChI is InChI=1S/C9H15NO/c1-9-3-2-8(11-9)6-4-10-5-7(6)9/h6-8,10H,2-5H2,1H3/t6-,7+,8-,9+/m1/s1. The lowest BCUT2D eigenvalue weighted by Crippen LogP contribution is -2.34. The third-order valence-electron chi connectivity index (χ3n) is 3.87. The molecule has 0 aromatic heterocycles. The Balaban J connectivity index is 1.98. The summed E-state index contributed by atoms with van der Waals surface area (Å²) in [5, 5.41) is 3.47. The van der Waals surface area contributed by atoms with Crippen LogP contribution in [0.3, 0.4) is 0 Å². The van der Waals surface area contributed by atoms with Gasteiger partial charge in [0.05, 0.1) is 11.7 Å². The molecule has 3 fully saturated rings. The summed E-state index contributed by atoms with van der Waals surface area (Å²) in [6.45, 7) is 4.69. The molecule has 0 aromatic carbocycles. The number of hydrogen-bond donors (Lipinski definition) is 1. The van der Waals surface area contributed by atoms with Crippen molar-refractivity contribution < 1.29 is 4.74 Å². The first kappa shape index (κ1) is 6.44. The molecule has 0 saturated carbocycles. The summed E-state index contributed by atoms with van der Waals surface area (Å²) in [7, 11) is 0. The van der Waals surface area contributed by atoms with Gasteiger partial charge in [0.15, 0.2) is 0 Å². The van der Waals surface area contributed by atoms with Gasteiger partial charge in [-0.15, -0.1) is 0 Å². The zero-order valence-electron chi connectivity index (χ0n) is 6.97. The Morgan fingerprint density at radius 1 is 1.45 bits per heavy atom. The van der Waals surface area contributed by atoms with Gasteiger partial charge in [0.1, 0.15) is 0 Å². The second-order valence-corrected chi connectivity index (χ2v) is 4.44. The van der Waals surface area contributed by atoms with Crippen molar-refractivity contribution in [1.29, 1.82) is 0 Å². The highest BCUT2D eigenvalue weighted by molar-refractivity contribution is 5.08. The minimum absolute atomic E-state index is 0.249. The summed E-state index contributed by atoms with van der Waals surface area (Å²) in [6, 6.07) is 0. The first-order valence-electron chi connectivity index (χ1n) is 4.68. The van der Waals surface area contributed by atoms with E-state index in [0.717, 1.165) is 11.8 Å². The summed E-state index contributed by atoms with van der Waals surface area (Å²) in [5.41, 5.74) is 0.249. The van der Waals surface area contributed by atoms with Crippen LogP contribution in [0.5, 0.6) is 0 Å². The zero-order valence-corrected chi connectivity index (χ0v) is 6.97. The van der Waals surface area contributed by atoms with Gasteiger partial charge in [0, 0.05) is 24.9 Å². The van der Waals surface area contributed by atoms with Crippen LogP contribution in [0.25, 0.3) is 0 Å². The molecule has 0 aliphatic carbocycles. The highest BCUT2D eigenvalue weighted by Gasteiger charge is 2.57. The number of hydrogen-bond acceptors (Lipinski definition) is 2. The smallest absolute Gasteiger partial charge is 0.0703 e. The SMILES string of the molecule is C[C@@]12CC[C@@H](O1)[C@@H]1CNC[C@@H]12. The largest absolute Gasteiger partial charge is 0.371 e. The van der Waals surface area contributed by atoms with E-state index in [1.54, 1.807) is 0 Å². The fraction of sp³-hybridized carbons (Fsp3) is 1.00. The summed E-state index contributed by atoms with van der Waals surface area (Å²) in [4.78, 5) is 0. The zero-order chi connectivity index (χ0) is 7.47. The quantitative estimate of drug-likeness (QED) is 0.555. The highest BCUT2D eigenvalue weighted by atomic mass is 16.5. The molecule has 0 unspecified atom stereocenters. The van der Waals surface area contributed by atoms with Crippen LogP contribution in [0, 0.1) is 11.8 Å². The minimum Gasteiger partial charge on any atom is -0.371 e. The van der Waals surface area contributed by atoms with Crippen molar-refractivity contribution in [2.24, 2.45) is 11.8 Å². The van der Waals surface area contributed by atoms with Crippen LogP contribution in [0.15, 0.2) is 0 Å². The number of fused-ring (bicyclic) bond motifs is 5. The molecule has 4 atom stereocenters. The first-order chi connectivity index (χ1) is 5.30. The number of ether oxygens (including phenoxy) is 1. The van der Waals surface area contributed by atoms with E-state index < -0.39 is 0 Å². The van der Waals surface area contributed by atoms with E-state index in [4.69, 9.17) is 4.74 Å². The highest BCUT2D eigenvalue weighted by Crippen LogP contribution is 2.52. The van der Waals surface area contributed by atoms with Crippen molar-refractivity contribution >= 4 is 0 Å². The summed E-state index contributed by atoms with van der Waals surface area (Å²) >= 11 is 0. The second kappa shape index (κ2) is 1.80. The third-order valence-corrected chi connectivity index (χ3v) is 3.87. The van der Waals surface area contributed by atoms with E-state index in [0.29, 0.717) is 6.10 Å². The Bertz CT molecular complexity index is 194. The molecule has 3 heterocycles. The van der Waals surface area contributed by atoms with Gasteiger partial charge in [0.25, 0.3) is 0 Å². The van der Waals surface area contributed by atoms with Crippen LogP contribution in [-0.2, 0) is 4.74 Å². The summed E-state index contributed by atoms with van der Waals surface area (Å²) in [6.07, 6.45) is 3.19. The maximum Gasteiger partial charge on any atom is 0.0703 e. The lowest BCUT2D eigenvalue weighted by atomic mass is 9.75. The predicted molar refractivity (Wildman–Crippen MR) is 42.4 cm³/mol. The van der Waals surface area contributed by atoms with Crippen LogP contribution < -0.4 is 5.32 Å². The van der Waals surface area contributed by atoms with Crippen molar-refractivity contribution in [2.75, 3.05) is 13.1 Å². The molecule has 1 N–H and O–H groups in total. The van der Waals surface area contributed by atoms with Crippen LogP contribution in [0.1, 0.15) is 19.8 Å². The molecular weight excluding hydrogens is 138 g/mol. The molecule has 0 spiro atoms. The minimum atomic E-state index is 0.249. The van der Waals surface area contributed by atoms with Crippen molar-refractivity contribution in [2.45, 2.75) is 31.5 Å². The fourth-order valence-electron chi connectivity index (χ4n) is 3.23. The fourth-order valence-corrected chi connectivity index (χ4v) is 3.23. The number of nitrogens with one attached hydrogen (secondary N) is 1. The van der Waals surface area contributed by atoms with E-state index in [2.05, 4.69) is 12.2 Å². The molecule has 2 bridgehead atoms. The summed E-state index contributed by atoms with van der Waals surface area (Å²) in [5.74, 6) is 1.66. The monoisotopic (exact) mass is 153 g/mol. The molecule has 2 heteroatoms. The Morgan fingerprint density at radius 3 is 3.18 bits per heavy atom. The van der Waals surface area contributed by atoms with Gasteiger partial charge in [-0.05, 0) is 19.8 Å². The van der Waals surface area contributed by atoms with E-state index in [1.807, 2.05) is 0 Å². The molecule has 3 aliphatic heterocycles. The van der Waals surface area contributed by atoms with E-state index >= 15 is 0 Å². The van der Waals surface area contributed by atoms with E-state index in [-0.39, 0.29) is 5.60 Å². The molecule has 2 nitrogen and oxygen atoms in total. The van der Waals surface area contributed by atoms with Gasteiger partial charge in [-0.1, -0.05) is 0 Å². The maximum absolute atomic E-state index is 5.99. The topological polar surface area (TPSA) is 21.3 Å². The Hall–Kier alpha value is -0.0800. The molecule has 62 valence electrons. The Labute approximate surface area is 67.3 Å². The van der Waals surface area contributed by atoms with Gasteiger partial charge >= 0.3 is 0 Å². The average Bonchev–Trinajstić information content (AvgIpc) is 2.53. The molecule has 0 radical (unpaired) electrons. The maximum atomic E-state index is 5.99. The van der Waals surface area contributed by atoms with Crippen LogP contribution in [0.2, 0.25) is 0 Å². The molecule has 0 aromatic rings. The second-order valence-electron chi connectivity index (χ2n) is 4.44. The van der Waals surface area contributed by atoms with Crippen molar-refractivity contribution in [3.63, 3.8) is 0 Å². The van der Waals surface area contributed by atoms with Gasteiger partial charge in [-0.25, -0.2) is 0 Å². The average molecular weight is 153 g/mol. The van der Waals surface area contributed by atoms with E-state index in [9.17, 15) is 0 Å². The molecule has 11 heavy (non-hydrogen) atoms. The molecule has 0 amide bonds. The lowest BCUT2D eigenvalue weighted by molar-refractivity contribution is 0.00527. The van der Waals surface area contributed by atoms with Gasteiger partial charge < -0.3 is 10.1 Å². The Morgan fingerprint density at radius 2 is 2.36 bits per heavy atom. The van der Waals surface area contributed by atoms with Gasteiger partial charge in [0.2, 0.25) is 0 Å². The lowest BCUT2D eigenvalue weighted by Gasteiger charge is -2.27. The van der Waals surface area contributed by atoms with Gasteiger partial charge in [-0.3, -0.25) is 0 Å². The third kappa shape index (κ3) is 0.651. The normalized spacial score (nSPS) is 60.3. The molecular formula is C9H15NO. The van der Waals surface area contributed by atoms with Gasteiger partial charge in [-0.2, -0.15) is 0 Å². The van der Waals surface area contributed by atoms with E-state index in [1.165, 1.54) is 25.9 Å². The van der Waals surface area contributed by atoms with Crippen LogP contribution >= 0.6 is 0 Å². The predicted octanol–water partition coefficient (Wildman–Crippen LogP) is 0.773. The summed E-state index contributed by atoms with van der Waals surface area (Å²) < 4.78 is 5.99. The molecule has 3 rings (SSSR count). The van der Waals surface area contributed by atoms with Crippen molar-refractivity contribution in [1.82, 2.24) is 5.32 Å². The molecule has 3 aliphatic rings. The van der Waals surface area contributed by atoms with Crippen LogP contribution in [0.4, 0.5) is 0 Å². The van der Waals surface area contributed by atoms with Crippen LogP contribution in [-0.4, -0.2) is 24.8 Å². The molecule has 3 saturated heterocycles. The first-order valence-corrected chi connectivity index (χ1v) is 4.68. The van der Waals surface area contributed by atoms with Crippen molar-refractivity contribution in [3.8, 4) is 0 Å². The number of rotatable bonds is 0.